The number of rotatable bonds is 11. The van der Waals surface area contributed by atoms with Crippen molar-refractivity contribution in [3.05, 3.63) is 70.9 Å². The molecular formula is C30H35ClF2N4O5. The Balaban J connectivity index is 1.60. The van der Waals surface area contributed by atoms with Crippen molar-refractivity contribution in [3.63, 3.8) is 0 Å². The zero-order valence-corrected chi connectivity index (χ0v) is 24.8. The second-order valence-corrected chi connectivity index (χ2v) is 11.1. The van der Waals surface area contributed by atoms with Gasteiger partial charge >= 0.3 is 12.2 Å². The van der Waals surface area contributed by atoms with Crippen molar-refractivity contribution in [2.24, 2.45) is 0 Å². The van der Waals surface area contributed by atoms with Crippen molar-refractivity contribution < 1.29 is 32.6 Å². The number of pyridine rings is 1. The zero-order valence-electron chi connectivity index (χ0n) is 24.0. The smallest absolute Gasteiger partial charge is 0.412 e. The van der Waals surface area contributed by atoms with Crippen LogP contribution in [0.4, 0.5) is 24.2 Å². The number of aryl methyl sites for hydroxylation is 1. The summed E-state index contributed by atoms with van der Waals surface area (Å²) in [6.07, 6.45) is 1.26. The molecule has 42 heavy (non-hydrogen) atoms. The number of nitrogens with one attached hydrogen (secondary N) is 2. The second kappa shape index (κ2) is 14.8. The van der Waals surface area contributed by atoms with Crippen molar-refractivity contribution in [1.82, 2.24) is 15.2 Å². The number of nitrogens with zero attached hydrogens (tertiary/aromatic N) is 2. The number of alkyl carbamates (subject to hydrolysis) is 1. The van der Waals surface area contributed by atoms with Gasteiger partial charge in [0.05, 0.1) is 11.1 Å². The van der Waals surface area contributed by atoms with E-state index in [1.165, 1.54) is 41.4 Å². The standard InChI is InChI=1S/C30H35ClF2N4O5/c1-30(2,3)42-28(39)34-14-6-8-23(37(4)26(38)13-11-19-7-5-9-24(33)27(19)31)18-41-29(40)36-25-16-21-15-22(32)12-10-20(21)17-35-25/h5,7,9-10,12,15-17,23H,6,8,11,13-14,18H2,1-4H3,(H,34,39)(H,35,36,40)/t23-/m0/s1. The van der Waals surface area contributed by atoms with Gasteiger partial charge in [-0.25, -0.2) is 23.4 Å². The average Bonchev–Trinajstić information content (AvgIpc) is 2.91. The Morgan fingerprint density at radius 1 is 1.07 bits per heavy atom. The number of anilines is 1. The number of benzene rings is 2. The Morgan fingerprint density at radius 3 is 2.57 bits per heavy atom. The highest BCUT2D eigenvalue weighted by atomic mass is 35.5. The van der Waals surface area contributed by atoms with Crippen LogP contribution in [0.5, 0.6) is 0 Å². The topological polar surface area (TPSA) is 110 Å². The molecule has 0 radical (unpaired) electrons. The van der Waals surface area contributed by atoms with Crippen LogP contribution in [0.15, 0.2) is 48.7 Å². The molecule has 0 spiro atoms. The van der Waals surface area contributed by atoms with Gasteiger partial charge in [-0.15, -0.1) is 0 Å². The SMILES string of the molecule is CN(C(=O)CCc1cccc(F)c1Cl)[C@@H](CCCNC(=O)OC(C)(C)C)COC(=O)Nc1cc2cc(F)ccc2cn1. The number of hydrogen-bond acceptors (Lipinski definition) is 6. The number of likely N-dealkylation sites (N-methyl/N-ethyl adjacent to an activating group) is 1. The number of carbonyl (C=O) groups excluding carboxylic acids is 3. The molecular weight excluding hydrogens is 570 g/mol. The van der Waals surface area contributed by atoms with E-state index in [1.807, 2.05) is 0 Å². The van der Waals surface area contributed by atoms with E-state index in [0.29, 0.717) is 29.2 Å². The molecule has 0 bridgehead atoms. The largest absolute Gasteiger partial charge is 0.447 e. The second-order valence-electron chi connectivity index (χ2n) is 10.7. The Morgan fingerprint density at radius 2 is 1.83 bits per heavy atom. The number of halogens is 3. The molecule has 3 amide bonds. The van der Waals surface area contributed by atoms with E-state index in [0.717, 1.165) is 0 Å². The van der Waals surface area contributed by atoms with E-state index in [9.17, 15) is 23.2 Å². The van der Waals surface area contributed by atoms with Gasteiger partial charge in [0.2, 0.25) is 5.91 Å². The molecule has 1 heterocycles. The maximum Gasteiger partial charge on any atom is 0.412 e. The lowest BCUT2D eigenvalue weighted by Crippen LogP contribution is -2.41. The monoisotopic (exact) mass is 604 g/mol. The van der Waals surface area contributed by atoms with Crippen LogP contribution in [-0.2, 0) is 20.7 Å². The molecule has 2 N–H and O–H groups in total. The average molecular weight is 605 g/mol. The van der Waals surface area contributed by atoms with Crippen molar-refractivity contribution in [1.29, 1.82) is 0 Å². The fourth-order valence-electron chi connectivity index (χ4n) is 4.09. The third kappa shape index (κ3) is 10.1. The first-order valence-corrected chi connectivity index (χ1v) is 13.8. The molecule has 226 valence electrons. The molecule has 2 aromatic carbocycles. The number of hydrogen-bond donors (Lipinski definition) is 2. The molecule has 0 unspecified atom stereocenters. The molecule has 3 aromatic rings. The minimum absolute atomic E-state index is 0.0252. The van der Waals surface area contributed by atoms with Crippen LogP contribution in [0.3, 0.4) is 0 Å². The molecule has 0 fully saturated rings. The molecule has 1 atom stereocenters. The fraction of sp³-hybridized carbons (Fsp3) is 0.400. The predicted octanol–water partition coefficient (Wildman–Crippen LogP) is 6.48. The van der Waals surface area contributed by atoms with Crippen molar-refractivity contribution in [2.45, 2.75) is 58.1 Å². The number of carbonyl (C=O) groups is 3. The summed E-state index contributed by atoms with van der Waals surface area (Å²) in [5, 5.41) is 6.42. The first kappa shape index (κ1) is 32.5. The van der Waals surface area contributed by atoms with Crippen molar-refractivity contribution >= 4 is 46.3 Å². The Labute approximate surface area is 248 Å². The van der Waals surface area contributed by atoms with Gasteiger partial charge < -0.3 is 19.7 Å². The summed E-state index contributed by atoms with van der Waals surface area (Å²) in [5.74, 6) is -1.07. The summed E-state index contributed by atoms with van der Waals surface area (Å²) in [6.45, 7) is 5.40. The van der Waals surface area contributed by atoms with Crippen LogP contribution in [0.2, 0.25) is 5.02 Å². The summed E-state index contributed by atoms with van der Waals surface area (Å²) < 4.78 is 38.0. The highest BCUT2D eigenvalue weighted by Gasteiger charge is 2.23. The lowest BCUT2D eigenvalue weighted by molar-refractivity contribution is -0.132. The Kier molecular flexibility index (Phi) is 11.4. The molecule has 12 heteroatoms. The third-order valence-electron chi connectivity index (χ3n) is 6.28. The summed E-state index contributed by atoms with van der Waals surface area (Å²) in [7, 11) is 1.59. The summed E-state index contributed by atoms with van der Waals surface area (Å²) in [5.41, 5.74) is -0.131. The predicted molar refractivity (Wildman–Crippen MR) is 156 cm³/mol. The quantitative estimate of drug-likeness (QED) is 0.242. The van der Waals surface area contributed by atoms with Crippen molar-refractivity contribution in [3.8, 4) is 0 Å². The van der Waals surface area contributed by atoms with Gasteiger partial charge in [-0.05, 0) is 81.3 Å². The third-order valence-corrected chi connectivity index (χ3v) is 6.71. The molecule has 1 aromatic heterocycles. The lowest BCUT2D eigenvalue weighted by Gasteiger charge is -2.28. The fourth-order valence-corrected chi connectivity index (χ4v) is 4.31. The van der Waals surface area contributed by atoms with Gasteiger partial charge in [-0.2, -0.15) is 0 Å². The van der Waals surface area contributed by atoms with Crippen LogP contribution in [0.1, 0.15) is 45.6 Å². The molecule has 0 saturated heterocycles. The summed E-state index contributed by atoms with van der Waals surface area (Å²) >= 11 is 6.03. The molecule has 9 nitrogen and oxygen atoms in total. The minimum atomic E-state index is -0.803. The minimum Gasteiger partial charge on any atom is -0.447 e. The first-order chi connectivity index (χ1) is 19.8. The van der Waals surface area contributed by atoms with Gasteiger partial charge in [0.15, 0.2) is 0 Å². The van der Waals surface area contributed by atoms with Crippen LogP contribution in [0.25, 0.3) is 10.8 Å². The first-order valence-electron chi connectivity index (χ1n) is 13.5. The summed E-state index contributed by atoms with van der Waals surface area (Å²) in [4.78, 5) is 43.2. The van der Waals surface area contributed by atoms with E-state index in [2.05, 4.69) is 15.6 Å². The molecule has 0 aliphatic carbocycles. The number of amides is 3. The van der Waals surface area contributed by atoms with Gasteiger partial charge in [0, 0.05) is 31.6 Å². The van der Waals surface area contributed by atoms with Gasteiger partial charge in [0.25, 0.3) is 0 Å². The van der Waals surface area contributed by atoms with Crippen molar-refractivity contribution in [2.75, 3.05) is 25.5 Å². The number of fused-ring (bicyclic) bond motifs is 1. The summed E-state index contributed by atoms with van der Waals surface area (Å²) in [6, 6.07) is 9.63. The molecule has 3 rings (SSSR count). The van der Waals surface area contributed by atoms with Gasteiger partial charge in [0.1, 0.15) is 29.7 Å². The lowest BCUT2D eigenvalue weighted by atomic mass is 10.1. The Hall–Kier alpha value is -3.99. The van der Waals surface area contributed by atoms with E-state index < -0.39 is 35.5 Å². The number of ether oxygens (including phenoxy) is 2. The zero-order chi connectivity index (χ0) is 30.9. The van der Waals surface area contributed by atoms with E-state index in [1.54, 1.807) is 40.0 Å². The molecule has 0 saturated carbocycles. The molecule has 0 aliphatic rings. The maximum absolute atomic E-state index is 13.8. The van der Waals surface area contributed by atoms with Gasteiger partial charge in [-0.3, -0.25) is 10.1 Å². The normalized spacial score (nSPS) is 12.0. The van der Waals surface area contributed by atoms with E-state index in [-0.39, 0.29) is 42.7 Å². The van der Waals surface area contributed by atoms with Crippen LogP contribution in [0, 0.1) is 11.6 Å². The highest BCUT2D eigenvalue weighted by molar-refractivity contribution is 6.31. The maximum atomic E-state index is 13.8. The van der Waals surface area contributed by atoms with E-state index >= 15 is 0 Å². The Bertz CT molecular complexity index is 1420. The van der Waals surface area contributed by atoms with E-state index in [4.69, 9.17) is 21.1 Å². The number of aromatic nitrogens is 1. The van der Waals surface area contributed by atoms with Crippen LogP contribution >= 0.6 is 11.6 Å². The van der Waals surface area contributed by atoms with Crippen LogP contribution in [-0.4, -0.2) is 59.8 Å². The van der Waals surface area contributed by atoms with Crippen LogP contribution < -0.4 is 10.6 Å². The van der Waals surface area contributed by atoms with Gasteiger partial charge in [-0.1, -0.05) is 23.7 Å². The molecule has 0 aliphatic heterocycles. The highest BCUT2D eigenvalue weighted by Crippen LogP contribution is 2.22.